The van der Waals surface area contributed by atoms with Crippen molar-refractivity contribution in [2.75, 3.05) is 24.5 Å². The van der Waals surface area contributed by atoms with Crippen LogP contribution in [0.15, 0.2) is 42.5 Å². The standard InChI is InChI=1S/C18H23N7O2/c26-17(22-4-2-8-24-10-7-20-14-24)15-11-18(27-23-15)3-1-9-25(13-18)16-12-19-5-6-21-16/h5-7,10,12,14H,1-4,8-9,11,13H2,(H,22,26). The molecule has 2 aromatic rings. The van der Waals surface area contributed by atoms with Crippen LogP contribution < -0.4 is 10.2 Å². The predicted molar refractivity (Wildman–Crippen MR) is 99.2 cm³/mol. The zero-order valence-corrected chi connectivity index (χ0v) is 15.1. The highest BCUT2D eigenvalue weighted by Crippen LogP contribution is 2.34. The summed E-state index contributed by atoms with van der Waals surface area (Å²) in [6.07, 6.45) is 13.7. The van der Waals surface area contributed by atoms with Crippen molar-refractivity contribution >= 4 is 17.4 Å². The van der Waals surface area contributed by atoms with Crippen molar-refractivity contribution < 1.29 is 9.63 Å². The van der Waals surface area contributed by atoms with Gasteiger partial charge in [0.1, 0.15) is 11.5 Å². The van der Waals surface area contributed by atoms with Gasteiger partial charge in [-0.05, 0) is 19.3 Å². The Labute approximate surface area is 157 Å². The minimum Gasteiger partial charge on any atom is -0.386 e. The largest absolute Gasteiger partial charge is 0.386 e. The summed E-state index contributed by atoms with van der Waals surface area (Å²) in [6, 6.07) is 0. The molecule has 0 radical (unpaired) electrons. The van der Waals surface area contributed by atoms with E-state index < -0.39 is 5.60 Å². The molecule has 0 bridgehead atoms. The van der Waals surface area contributed by atoms with Gasteiger partial charge in [-0.2, -0.15) is 0 Å². The maximum Gasteiger partial charge on any atom is 0.269 e. The Morgan fingerprint density at radius 3 is 3.07 bits per heavy atom. The van der Waals surface area contributed by atoms with E-state index in [1.54, 1.807) is 31.1 Å². The van der Waals surface area contributed by atoms with E-state index in [1.807, 2.05) is 10.8 Å². The topological polar surface area (TPSA) is 97.5 Å². The van der Waals surface area contributed by atoms with Crippen LogP contribution in [-0.4, -0.2) is 56.4 Å². The first-order valence-electron chi connectivity index (χ1n) is 9.24. The lowest BCUT2D eigenvalue weighted by atomic mass is 9.88. The van der Waals surface area contributed by atoms with Crippen LogP contribution in [0, 0.1) is 0 Å². The lowest BCUT2D eigenvalue weighted by molar-refractivity contribution is -0.114. The van der Waals surface area contributed by atoms with Crippen LogP contribution in [0.25, 0.3) is 0 Å². The Bertz CT molecular complexity index is 793. The molecule has 4 rings (SSSR count). The number of hydrogen-bond acceptors (Lipinski definition) is 7. The van der Waals surface area contributed by atoms with Gasteiger partial charge < -0.3 is 19.6 Å². The lowest BCUT2D eigenvalue weighted by Crippen LogP contribution is -2.49. The third-order valence-electron chi connectivity index (χ3n) is 4.95. The van der Waals surface area contributed by atoms with E-state index in [0.29, 0.717) is 25.2 Å². The molecule has 0 aliphatic carbocycles. The highest BCUT2D eigenvalue weighted by molar-refractivity contribution is 6.39. The number of piperidine rings is 1. The van der Waals surface area contributed by atoms with Gasteiger partial charge in [-0.3, -0.25) is 9.78 Å². The molecule has 1 atom stereocenters. The number of oxime groups is 1. The Hall–Kier alpha value is -2.97. The van der Waals surface area contributed by atoms with E-state index in [9.17, 15) is 4.79 Å². The zero-order valence-electron chi connectivity index (χ0n) is 15.1. The van der Waals surface area contributed by atoms with Gasteiger partial charge in [-0.15, -0.1) is 0 Å². The number of rotatable bonds is 6. The molecule has 9 nitrogen and oxygen atoms in total. The van der Waals surface area contributed by atoms with Gasteiger partial charge in [0.15, 0.2) is 5.60 Å². The van der Waals surface area contributed by atoms with Gasteiger partial charge in [0, 0.05) is 50.8 Å². The summed E-state index contributed by atoms with van der Waals surface area (Å²) < 4.78 is 1.99. The molecule has 1 amide bonds. The highest BCUT2D eigenvalue weighted by Gasteiger charge is 2.44. The number of nitrogens with zero attached hydrogens (tertiary/aromatic N) is 6. The van der Waals surface area contributed by atoms with Crippen molar-refractivity contribution in [3.8, 4) is 0 Å². The van der Waals surface area contributed by atoms with Crippen LogP contribution in [0.5, 0.6) is 0 Å². The molecule has 1 saturated heterocycles. The molecule has 27 heavy (non-hydrogen) atoms. The van der Waals surface area contributed by atoms with E-state index in [4.69, 9.17) is 4.84 Å². The molecule has 2 aromatic heterocycles. The SMILES string of the molecule is O=C(NCCCn1ccnc1)C1=NOC2(CCCN(c3cnccn3)C2)C1. The van der Waals surface area contributed by atoms with Crippen LogP contribution in [0.4, 0.5) is 5.82 Å². The van der Waals surface area contributed by atoms with Crippen molar-refractivity contribution in [3.05, 3.63) is 37.3 Å². The van der Waals surface area contributed by atoms with Gasteiger partial charge in [-0.25, -0.2) is 9.97 Å². The second-order valence-electron chi connectivity index (χ2n) is 6.99. The van der Waals surface area contributed by atoms with Gasteiger partial charge in [0.05, 0.1) is 19.1 Å². The maximum atomic E-state index is 12.4. The summed E-state index contributed by atoms with van der Waals surface area (Å²) >= 11 is 0. The van der Waals surface area contributed by atoms with Crippen LogP contribution >= 0.6 is 0 Å². The Morgan fingerprint density at radius 2 is 2.26 bits per heavy atom. The predicted octanol–water partition coefficient (Wildman–Crippen LogP) is 0.995. The Kier molecular flexibility index (Phi) is 4.99. The number of aromatic nitrogens is 4. The van der Waals surface area contributed by atoms with Gasteiger partial charge in [0.25, 0.3) is 5.91 Å². The number of amides is 1. The fraction of sp³-hybridized carbons (Fsp3) is 0.500. The third kappa shape index (κ3) is 4.07. The number of hydrogen-bond donors (Lipinski definition) is 1. The smallest absolute Gasteiger partial charge is 0.269 e. The second-order valence-corrected chi connectivity index (χ2v) is 6.99. The van der Waals surface area contributed by atoms with E-state index in [2.05, 4.69) is 30.3 Å². The monoisotopic (exact) mass is 369 g/mol. The van der Waals surface area contributed by atoms with E-state index in [-0.39, 0.29) is 5.91 Å². The molecule has 2 aliphatic rings. The fourth-order valence-corrected chi connectivity index (χ4v) is 3.59. The summed E-state index contributed by atoms with van der Waals surface area (Å²) in [5.41, 5.74) is 0.0258. The van der Waals surface area contributed by atoms with E-state index >= 15 is 0 Å². The molecular formula is C18H23N7O2. The van der Waals surface area contributed by atoms with Crippen LogP contribution in [0.2, 0.25) is 0 Å². The average molecular weight is 369 g/mol. The summed E-state index contributed by atoms with van der Waals surface area (Å²) in [5.74, 6) is 0.687. The molecule has 1 N–H and O–H groups in total. The minimum absolute atomic E-state index is 0.144. The van der Waals surface area contributed by atoms with E-state index in [1.165, 1.54) is 0 Å². The molecular weight excluding hydrogens is 346 g/mol. The lowest BCUT2D eigenvalue weighted by Gasteiger charge is -2.38. The van der Waals surface area contributed by atoms with Crippen molar-refractivity contribution in [1.29, 1.82) is 0 Å². The molecule has 4 heterocycles. The number of carbonyl (C=O) groups is 1. The highest BCUT2D eigenvalue weighted by atomic mass is 16.7. The molecule has 0 aromatic carbocycles. The van der Waals surface area contributed by atoms with Gasteiger partial charge >= 0.3 is 0 Å². The van der Waals surface area contributed by atoms with Crippen molar-refractivity contribution in [2.45, 2.75) is 37.8 Å². The first kappa shape index (κ1) is 17.4. The number of aryl methyl sites for hydroxylation is 1. The molecule has 142 valence electrons. The van der Waals surface area contributed by atoms with Gasteiger partial charge in [0.2, 0.25) is 0 Å². The fourth-order valence-electron chi connectivity index (χ4n) is 3.59. The summed E-state index contributed by atoms with van der Waals surface area (Å²) in [7, 11) is 0. The summed E-state index contributed by atoms with van der Waals surface area (Å²) in [5, 5.41) is 7.03. The molecule has 9 heteroatoms. The first-order chi connectivity index (χ1) is 13.2. The Morgan fingerprint density at radius 1 is 1.30 bits per heavy atom. The molecule has 1 spiro atoms. The zero-order chi connectivity index (χ0) is 18.5. The van der Waals surface area contributed by atoms with Crippen molar-refractivity contribution in [2.24, 2.45) is 5.16 Å². The summed E-state index contributed by atoms with van der Waals surface area (Å²) in [4.78, 5) is 32.8. The van der Waals surface area contributed by atoms with E-state index in [0.717, 1.165) is 38.2 Å². The number of carbonyl (C=O) groups excluding carboxylic acids is 1. The minimum atomic E-state index is -0.445. The maximum absolute atomic E-state index is 12.4. The van der Waals surface area contributed by atoms with Crippen molar-refractivity contribution in [1.82, 2.24) is 24.8 Å². The molecule has 2 aliphatic heterocycles. The quantitative estimate of drug-likeness (QED) is 0.763. The van der Waals surface area contributed by atoms with Gasteiger partial charge in [-0.1, -0.05) is 5.16 Å². The van der Waals surface area contributed by atoms with Crippen molar-refractivity contribution in [3.63, 3.8) is 0 Å². The van der Waals surface area contributed by atoms with Crippen LogP contribution in [-0.2, 0) is 16.2 Å². The first-order valence-corrected chi connectivity index (χ1v) is 9.24. The molecule has 0 saturated carbocycles. The third-order valence-corrected chi connectivity index (χ3v) is 4.95. The summed E-state index contributed by atoms with van der Waals surface area (Å²) in [6.45, 7) is 2.97. The number of anilines is 1. The van der Waals surface area contributed by atoms with Crippen LogP contribution in [0.3, 0.4) is 0 Å². The average Bonchev–Trinajstić information content (AvgIpc) is 3.36. The number of imidazole rings is 1. The molecule has 1 unspecified atom stereocenters. The molecule has 1 fully saturated rings. The normalized spacial score (nSPS) is 21.8. The Balaban J connectivity index is 1.27. The second kappa shape index (κ2) is 7.73. The van der Waals surface area contributed by atoms with Crippen LogP contribution in [0.1, 0.15) is 25.7 Å². The number of nitrogens with one attached hydrogen (secondary N) is 1.